The second-order valence-corrected chi connectivity index (χ2v) is 17.5. The van der Waals surface area contributed by atoms with Gasteiger partial charge in [0.25, 0.3) is 0 Å². The monoisotopic (exact) mass is 779 g/mol. The Hall–Kier alpha value is -1.59. The van der Waals surface area contributed by atoms with Crippen molar-refractivity contribution in [3.05, 3.63) is 0 Å². The number of unbranched alkanes of at least 4 members (excludes halogenated alkanes) is 27. The van der Waals surface area contributed by atoms with Crippen molar-refractivity contribution in [1.29, 1.82) is 0 Å². The SMILES string of the molecule is CCCCCCCCCC(=O)OC[C@@H](COC(=O)CCCCCCCCCCCCCCCCCC(C)C)OC(=O)CCCCCCCCCCC(C)CC. The first kappa shape index (κ1) is 53.4. The lowest BCUT2D eigenvalue weighted by Crippen LogP contribution is -2.30. The number of carbonyl (C=O) groups is 3. The maximum absolute atomic E-state index is 12.7. The van der Waals surface area contributed by atoms with Gasteiger partial charge in [-0.05, 0) is 31.1 Å². The molecule has 2 atom stereocenters. The van der Waals surface area contributed by atoms with Gasteiger partial charge in [-0.1, -0.05) is 227 Å². The highest BCUT2D eigenvalue weighted by Gasteiger charge is 2.19. The highest BCUT2D eigenvalue weighted by Crippen LogP contribution is 2.17. The van der Waals surface area contributed by atoms with Crippen LogP contribution in [0.25, 0.3) is 0 Å². The molecule has 0 aliphatic heterocycles. The van der Waals surface area contributed by atoms with Crippen LogP contribution in [-0.4, -0.2) is 37.2 Å². The van der Waals surface area contributed by atoms with Crippen molar-refractivity contribution in [3.63, 3.8) is 0 Å². The van der Waals surface area contributed by atoms with Crippen molar-refractivity contribution >= 4 is 17.9 Å². The molecule has 0 rings (SSSR count). The summed E-state index contributed by atoms with van der Waals surface area (Å²) in [6.45, 7) is 11.3. The van der Waals surface area contributed by atoms with E-state index in [-0.39, 0.29) is 31.1 Å². The van der Waals surface area contributed by atoms with Gasteiger partial charge in [0.2, 0.25) is 0 Å². The number of ether oxygens (including phenoxy) is 3. The Balaban J connectivity index is 4.20. The van der Waals surface area contributed by atoms with Gasteiger partial charge in [0.15, 0.2) is 6.10 Å². The molecular formula is C49H94O6. The maximum Gasteiger partial charge on any atom is 0.306 e. The summed E-state index contributed by atoms with van der Waals surface area (Å²) in [5, 5.41) is 0. The maximum atomic E-state index is 12.7. The molecule has 55 heavy (non-hydrogen) atoms. The minimum atomic E-state index is -0.760. The molecule has 0 heterocycles. The van der Waals surface area contributed by atoms with Crippen LogP contribution >= 0.6 is 0 Å². The van der Waals surface area contributed by atoms with E-state index in [2.05, 4.69) is 34.6 Å². The molecule has 0 aromatic heterocycles. The molecule has 6 heteroatoms. The Labute approximate surface area is 342 Å². The van der Waals surface area contributed by atoms with E-state index in [1.165, 1.54) is 154 Å². The van der Waals surface area contributed by atoms with Gasteiger partial charge in [0.05, 0.1) is 0 Å². The highest BCUT2D eigenvalue weighted by atomic mass is 16.6. The molecule has 1 unspecified atom stereocenters. The normalized spacial score (nSPS) is 12.5. The topological polar surface area (TPSA) is 78.9 Å². The molecule has 6 nitrogen and oxygen atoms in total. The number of esters is 3. The van der Waals surface area contributed by atoms with Crippen molar-refractivity contribution in [2.45, 2.75) is 272 Å². The zero-order chi connectivity index (χ0) is 40.5. The second-order valence-electron chi connectivity index (χ2n) is 17.5. The third-order valence-corrected chi connectivity index (χ3v) is 11.3. The van der Waals surface area contributed by atoms with Crippen molar-refractivity contribution in [2.24, 2.45) is 11.8 Å². The van der Waals surface area contributed by atoms with Crippen molar-refractivity contribution in [1.82, 2.24) is 0 Å². The predicted molar refractivity (Wildman–Crippen MR) is 233 cm³/mol. The predicted octanol–water partition coefficient (Wildman–Crippen LogP) is 15.4. The van der Waals surface area contributed by atoms with Gasteiger partial charge in [-0.25, -0.2) is 0 Å². The van der Waals surface area contributed by atoms with Crippen LogP contribution in [0.15, 0.2) is 0 Å². The summed E-state index contributed by atoms with van der Waals surface area (Å²) in [4.78, 5) is 37.7. The first-order chi connectivity index (χ1) is 26.8. The fourth-order valence-electron chi connectivity index (χ4n) is 7.25. The standard InChI is InChI=1S/C49H94O6/c1-6-8-9-10-22-29-34-39-47(50)53-42-46(55-49(52)41-36-31-26-21-20-24-28-33-38-45(5)7-2)43-54-48(51)40-35-30-25-19-17-15-13-11-12-14-16-18-23-27-32-37-44(3)4/h44-46H,6-43H2,1-5H3/t45?,46-/m0/s1. The van der Waals surface area contributed by atoms with Gasteiger partial charge in [-0.15, -0.1) is 0 Å². The Bertz CT molecular complexity index is 841. The van der Waals surface area contributed by atoms with Crippen LogP contribution in [0.5, 0.6) is 0 Å². The van der Waals surface area contributed by atoms with Crippen LogP contribution in [0.4, 0.5) is 0 Å². The summed E-state index contributed by atoms with van der Waals surface area (Å²) in [5.41, 5.74) is 0. The zero-order valence-corrected chi connectivity index (χ0v) is 37.6. The largest absolute Gasteiger partial charge is 0.462 e. The van der Waals surface area contributed by atoms with Gasteiger partial charge >= 0.3 is 17.9 Å². The number of hydrogen-bond donors (Lipinski definition) is 0. The van der Waals surface area contributed by atoms with Gasteiger partial charge in [-0.2, -0.15) is 0 Å². The van der Waals surface area contributed by atoms with Crippen LogP contribution < -0.4 is 0 Å². The molecule has 0 saturated heterocycles. The number of rotatable bonds is 43. The van der Waals surface area contributed by atoms with E-state index in [1.807, 2.05) is 0 Å². The fourth-order valence-corrected chi connectivity index (χ4v) is 7.25. The zero-order valence-electron chi connectivity index (χ0n) is 37.6. The lowest BCUT2D eigenvalue weighted by atomic mass is 9.99. The van der Waals surface area contributed by atoms with Gasteiger partial charge in [0.1, 0.15) is 13.2 Å². The van der Waals surface area contributed by atoms with Gasteiger partial charge in [-0.3, -0.25) is 14.4 Å². The Morgan fingerprint density at radius 3 is 1.04 bits per heavy atom. The number of carbonyl (C=O) groups excluding carboxylic acids is 3. The minimum Gasteiger partial charge on any atom is -0.462 e. The minimum absolute atomic E-state index is 0.0649. The van der Waals surface area contributed by atoms with E-state index in [4.69, 9.17) is 14.2 Å². The first-order valence-corrected chi connectivity index (χ1v) is 24.3. The van der Waals surface area contributed by atoms with Crippen LogP contribution in [0, 0.1) is 11.8 Å². The number of hydrogen-bond acceptors (Lipinski definition) is 6. The van der Waals surface area contributed by atoms with E-state index in [1.54, 1.807) is 0 Å². The highest BCUT2D eigenvalue weighted by molar-refractivity contribution is 5.71. The molecule has 0 N–H and O–H groups in total. The summed E-state index contributed by atoms with van der Waals surface area (Å²) in [6.07, 6.45) is 41.0. The summed E-state index contributed by atoms with van der Waals surface area (Å²) in [5.74, 6) is 0.833. The third kappa shape index (κ3) is 41.9. The third-order valence-electron chi connectivity index (χ3n) is 11.3. The molecule has 0 aliphatic rings. The Morgan fingerprint density at radius 2 is 0.691 bits per heavy atom. The van der Waals surface area contributed by atoms with Gasteiger partial charge in [0, 0.05) is 19.3 Å². The molecule has 0 bridgehead atoms. The van der Waals surface area contributed by atoms with Crippen LogP contribution in [0.2, 0.25) is 0 Å². The molecule has 0 aromatic rings. The van der Waals surface area contributed by atoms with Crippen LogP contribution in [0.3, 0.4) is 0 Å². The summed E-state index contributed by atoms with van der Waals surface area (Å²) in [7, 11) is 0. The molecule has 326 valence electrons. The average Bonchev–Trinajstić information content (AvgIpc) is 3.17. The Morgan fingerprint density at radius 1 is 0.382 bits per heavy atom. The summed E-state index contributed by atoms with van der Waals surface area (Å²) < 4.78 is 16.7. The van der Waals surface area contributed by atoms with E-state index < -0.39 is 6.10 Å². The summed E-state index contributed by atoms with van der Waals surface area (Å²) in [6, 6.07) is 0. The molecule has 0 aromatic carbocycles. The van der Waals surface area contributed by atoms with Crippen LogP contribution in [-0.2, 0) is 28.6 Å². The summed E-state index contributed by atoms with van der Waals surface area (Å²) >= 11 is 0. The molecular weight excluding hydrogens is 685 g/mol. The Kier molecular flexibility index (Phi) is 40.8. The average molecular weight is 779 g/mol. The molecule has 0 spiro atoms. The van der Waals surface area contributed by atoms with Crippen molar-refractivity contribution in [2.75, 3.05) is 13.2 Å². The molecule has 0 fully saturated rings. The fraction of sp³-hybridized carbons (Fsp3) is 0.939. The van der Waals surface area contributed by atoms with E-state index in [0.29, 0.717) is 19.3 Å². The quantitative estimate of drug-likeness (QED) is 0.0348. The smallest absolute Gasteiger partial charge is 0.306 e. The lowest BCUT2D eigenvalue weighted by molar-refractivity contribution is -0.167. The lowest BCUT2D eigenvalue weighted by Gasteiger charge is -2.18. The van der Waals surface area contributed by atoms with Gasteiger partial charge < -0.3 is 14.2 Å². The van der Waals surface area contributed by atoms with Crippen molar-refractivity contribution < 1.29 is 28.6 Å². The van der Waals surface area contributed by atoms with E-state index in [9.17, 15) is 14.4 Å². The first-order valence-electron chi connectivity index (χ1n) is 24.3. The molecule has 0 amide bonds. The molecule has 0 saturated carbocycles. The van der Waals surface area contributed by atoms with E-state index >= 15 is 0 Å². The van der Waals surface area contributed by atoms with Crippen LogP contribution in [0.1, 0.15) is 266 Å². The molecule has 0 radical (unpaired) electrons. The van der Waals surface area contributed by atoms with Crippen molar-refractivity contribution in [3.8, 4) is 0 Å². The molecule has 0 aliphatic carbocycles. The second kappa shape index (κ2) is 42.0. The van der Waals surface area contributed by atoms with E-state index in [0.717, 1.165) is 69.6 Å².